The summed E-state index contributed by atoms with van der Waals surface area (Å²) in [5, 5.41) is 0. The topological polar surface area (TPSA) is 3.24 Å². The molecule has 7 aromatic carbocycles. The van der Waals surface area contributed by atoms with Crippen LogP contribution in [0.4, 0.5) is 17.1 Å². The first-order valence-electron chi connectivity index (χ1n) is 28.5. The van der Waals surface area contributed by atoms with Crippen molar-refractivity contribution in [3.63, 3.8) is 0 Å². The monoisotopic (exact) mass is 972 g/mol. The number of hydrogen-bond acceptors (Lipinski definition) is 1. The molecule has 74 heavy (non-hydrogen) atoms. The highest BCUT2D eigenvalue weighted by Gasteiger charge is 2.49. The first-order valence-corrected chi connectivity index (χ1v) is 28.5. The van der Waals surface area contributed by atoms with Crippen molar-refractivity contribution in [2.24, 2.45) is 0 Å². The summed E-state index contributed by atoms with van der Waals surface area (Å²) >= 11 is 0. The Kier molecular flexibility index (Phi) is 11.0. The van der Waals surface area contributed by atoms with E-state index >= 15 is 0 Å². The second kappa shape index (κ2) is 16.5. The van der Waals surface area contributed by atoms with Crippen molar-refractivity contribution in [3.05, 3.63) is 200 Å². The molecule has 0 N–H and O–H groups in total. The third kappa shape index (κ3) is 7.59. The number of benzene rings is 7. The van der Waals surface area contributed by atoms with E-state index in [-0.39, 0.29) is 50.5 Å². The van der Waals surface area contributed by atoms with Crippen molar-refractivity contribution in [2.45, 2.75) is 193 Å². The summed E-state index contributed by atoms with van der Waals surface area (Å²) in [6.07, 6.45) is 8.17. The van der Waals surface area contributed by atoms with Crippen LogP contribution in [0.15, 0.2) is 133 Å². The van der Waals surface area contributed by atoms with Gasteiger partial charge in [0.1, 0.15) is 0 Å². The number of fused-ring (bicyclic) bond motifs is 7. The Hall–Kier alpha value is -5.60. The van der Waals surface area contributed by atoms with Crippen LogP contribution in [0.3, 0.4) is 0 Å². The Labute approximate surface area is 446 Å². The van der Waals surface area contributed by atoms with E-state index in [1.165, 1.54) is 122 Å². The van der Waals surface area contributed by atoms with Crippen molar-refractivity contribution in [2.75, 3.05) is 4.90 Å². The standard InChI is InChI=1S/C72H82BN/c1-45-36-53-51(38-46-26-28-54-55(39-46)67(4,5)31-30-66(54,2)3)52-41-56-57(69(8,9)33-32-68(56,6)7)42-60(52)73-61-43-58-59(71(12,13)35-34-70(58,10)11)44-63(61)74(64(37-45)65(53)73)62-29-27-49(40-50(62)47-22-18-16-19-23-47)72(14,15)48-24-20-17-21-25-48/h16-29,36-37,39-44,51H,30-35,38H2,1-15H3. The molecule has 378 valence electrons. The minimum atomic E-state index is -0.203. The smallest absolute Gasteiger partial charge is 0.247 e. The number of anilines is 3. The van der Waals surface area contributed by atoms with E-state index in [2.05, 4.69) is 242 Å². The van der Waals surface area contributed by atoms with E-state index in [1.807, 2.05) is 0 Å². The zero-order valence-corrected chi connectivity index (χ0v) is 47.8. The molecule has 5 aliphatic rings. The van der Waals surface area contributed by atoms with E-state index in [1.54, 1.807) is 27.8 Å². The maximum atomic E-state index is 2.78. The van der Waals surface area contributed by atoms with Gasteiger partial charge in [-0.25, -0.2) is 0 Å². The van der Waals surface area contributed by atoms with Crippen LogP contribution < -0.4 is 21.3 Å². The van der Waals surface area contributed by atoms with Gasteiger partial charge in [0.25, 0.3) is 0 Å². The molecular formula is C72H82BN. The normalized spacial score (nSPS) is 20.8. The third-order valence-electron chi connectivity index (χ3n) is 20.4. The zero-order chi connectivity index (χ0) is 52.3. The lowest BCUT2D eigenvalue weighted by Gasteiger charge is -2.48. The van der Waals surface area contributed by atoms with E-state index < -0.39 is 0 Å². The summed E-state index contributed by atoms with van der Waals surface area (Å²) in [5.41, 5.74) is 29.1. The van der Waals surface area contributed by atoms with Gasteiger partial charge in [-0.3, -0.25) is 0 Å². The van der Waals surface area contributed by atoms with Crippen LogP contribution in [0.2, 0.25) is 0 Å². The van der Waals surface area contributed by atoms with Gasteiger partial charge in [-0.2, -0.15) is 0 Å². The summed E-state index contributed by atoms with van der Waals surface area (Å²) < 4.78 is 0. The summed E-state index contributed by atoms with van der Waals surface area (Å²) in [6.45, 7) is 37.3. The average Bonchev–Trinajstić information content (AvgIpc) is 3.36. The van der Waals surface area contributed by atoms with Crippen molar-refractivity contribution in [1.29, 1.82) is 0 Å². The highest BCUT2D eigenvalue weighted by atomic mass is 15.2. The first-order chi connectivity index (χ1) is 34.8. The molecule has 3 aliphatic carbocycles. The molecule has 0 bridgehead atoms. The molecule has 0 saturated carbocycles. The van der Waals surface area contributed by atoms with Gasteiger partial charge in [0.05, 0.1) is 5.69 Å². The molecule has 1 atom stereocenters. The van der Waals surface area contributed by atoms with Crippen LogP contribution in [0.1, 0.15) is 208 Å². The molecule has 1 unspecified atom stereocenters. The lowest BCUT2D eigenvalue weighted by atomic mass is 9.30. The number of aryl methyl sites for hydroxylation is 1. The van der Waals surface area contributed by atoms with Gasteiger partial charge in [-0.1, -0.05) is 212 Å². The molecule has 0 amide bonds. The molecule has 1 nitrogen and oxygen atoms in total. The van der Waals surface area contributed by atoms with Gasteiger partial charge in [-0.15, -0.1) is 0 Å². The number of nitrogens with zero attached hydrogens (tertiary/aromatic N) is 1. The lowest BCUT2D eigenvalue weighted by Crippen LogP contribution is -2.63. The Balaban J connectivity index is 1.17. The van der Waals surface area contributed by atoms with Crippen molar-refractivity contribution in [1.82, 2.24) is 0 Å². The second-order valence-corrected chi connectivity index (χ2v) is 28.6. The lowest BCUT2D eigenvalue weighted by molar-refractivity contribution is 0.331. The maximum absolute atomic E-state index is 2.78. The van der Waals surface area contributed by atoms with Crippen LogP contribution in [-0.2, 0) is 44.3 Å². The SMILES string of the molecule is Cc1cc2c3c(c1)N(c1ccc(C(C)(C)c4ccccc4)cc1-c1ccccc1)c1cc4c(cc1B3c1cc3c(cc1C2Cc1ccc2c(c1)C(C)(C)CCC2(C)C)C(C)(C)CCC3(C)C)C(C)(C)CCC4(C)C. The molecule has 2 aliphatic heterocycles. The largest absolute Gasteiger partial charge is 0.311 e. The molecule has 0 aromatic heterocycles. The van der Waals surface area contributed by atoms with E-state index in [4.69, 9.17) is 0 Å². The quantitative estimate of drug-likeness (QED) is 0.150. The Morgan fingerprint density at radius 3 is 1.55 bits per heavy atom. The highest BCUT2D eigenvalue weighted by molar-refractivity contribution is 6.99. The fourth-order valence-corrected chi connectivity index (χ4v) is 15.1. The molecule has 0 saturated heterocycles. The van der Waals surface area contributed by atoms with Gasteiger partial charge < -0.3 is 4.90 Å². The van der Waals surface area contributed by atoms with Gasteiger partial charge in [-0.05, 0) is 192 Å². The van der Waals surface area contributed by atoms with Crippen LogP contribution in [0.25, 0.3) is 11.1 Å². The van der Waals surface area contributed by atoms with Gasteiger partial charge in [0, 0.05) is 28.3 Å². The van der Waals surface area contributed by atoms with Crippen molar-refractivity contribution < 1.29 is 0 Å². The van der Waals surface area contributed by atoms with E-state index in [9.17, 15) is 0 Å². The molecule has 2 heteroatoms. The number of hydrogen-bond donors (Lipinski definition) is 0. The van der Waals surface area contributed by atoms with Crippen LogP contribution in [-0.4, -0.2) is 6.71 Å². The summed E-state index contributed by atoms with van der Waals surface area (Å²) in [7, 11) is 0. The Morgan fingerprint density at radius 1 is 0.446 bits per heavy atom. The minimum absolute atomic E-state index is 0.0400. The first kappa shape index (κ1) is 49.3. The summed E-state index contributed by atoms with van der Waals surface area (Å²) in [4.78, 5) is 2.76. The minimum Gasteiger partial charge on any atom is -0.311 e. The third-order valence-corrected chi connectivity index (χ3v) is 20.4. The predicted octanol–water partition coefficient (Wildman–Crippen LogP) is 17.0. The molecule has 0 radical (unpaired) electrons. The van der Waals surface area contributed by atoms with E-state index in [0.717, 1.165) is 6.42 Å². The molecule has 0 spiro atoms. The second-order valence-electron chi connectivity index (χ2n) is 28.6. The Bertz CT molecular complexity index is 3410. The fourth-order valence-electron chi connectivity index (χ4n) is 15.1. The van der Waals surface area contributed by atoms with Crippen molar-refractivity contribution >= 4 is 40.2 Å². The molecule has 2 heterocycles. The molecular weight excluding hydrogens is 890 g/mol. The van der Waals surface area contributed by atoms with Gasteiger partial charge in [0.15, 0.2) is 0 Å². The number of rotatable bonds is 6. The Morgan fingerprint density at radius 2 is 0.959 bits per heavy atom. The fraction of sp³-hybridized carbons (Fsp3) is 0.417. The molecule has 7 aromatic rings. The van der Waals surface area contributed by atoms with Crippen LogP contribution >= 0.6 is 0 Å². The molecule has 12 rings (SSSR count). The highest BCUT2D eigenvalue weighted by Crippen LogP contribution is 2.54. The zero-order valence-electron chi connectivity index (χ0n) is 47.8. The van der Waals surface area contributed by atoms with Crippen LogP contribution in [0, 0.1) is 6.92 Å². The van der Waals surface area contributed by atoms with Gasteiger partial charge in [0.2, 0.25) is 6.71 Å². The van der Waals surface area contributed by atoms with Gasteiger partial charge >= 0.3 is 0 Å². The molecule has 0 fully saturated rings. The predicted molar refractivity (Wildman–Crippen MR) is 319 cm³/mol. The summed E-state index contributed by atoms with van der Waals surface area (Å²) in [5.74, 6) is 0.192. The average molecular weight is 972 g/mol. The summed E-state index contributed by atoms with van der Waals surface area (Å²) in [6, 6.07) is 53.7. The van der Waals surface area contributed by atoms with Crippen LogP contribution in [0.5, 0.6) is 0 Å². The van der Waals surface area contributed by atoms with Crippen molar-refractivity contribution in [3.8, 4) is 11.1 Å². The maximum Gasteiger partial charge on any atom is 0.247 e. The van der Waals surface area contributed by atoms with E-state index in [0.29, 0.717) is 0 Å².